The molecule has 2 aliphatic heterocycles. The summed E-state index contributed by atoms with van der Waals surface area (Å²) in [5.74, 6) is -2.10. The van der Waals surface area contributed by atoms with Crippen molar-refractivity contribution < 1.29 is 9.47 Å². The first kappa shape index (κ1) is 20.5. The van der Waals surface area contributed by atoms with Crippen molar-refractivity contribution >= 4 is 17.5 Å². The summed E-state index contributed by atoms with van der Waals surface area (Å²) in [6, 6.07) is 23.1. The Morgan fingerprint density at radius 1 is 0.969 bits per heavy atom. The number of rotatable bonds is 2. The Morgan fingerprint density at radius 3 is 2.34 bits per heavy atom. The first-order chi connectivity index (χ1) is 15.5. The molecule has 0 aromatic heterocycles. The number of nitrogens with zero attached hydrogens (tertiary/aromatic N) is 3. The average Bonchev–Trinajstić information content (AvgIpc) is 3.03. The average molecular weight is 443 g/mol. The molecule has 0 radical (unpaired) electrons. The van der Waals surface area contributed by atoms with Gasteiger partial charge in [0.15, 0.2) is 5.41 Å². The Hall–Kier alpha value is -3.37. The molecule has 2 heterocycles. The maximum absolute atomic E-state index is 10.5. The molecule has 3 aliphatic rings. The molecule has 5 atom stereocenters. The molecular formula is C25H19ClN4O2. The predicted octanol–water partition coefficient (Wildman–Crippen LogP) is 5.24. The third kappa shape index (κ3) is 2.44. The minimum atomic E-state index is -1.97. The van der Waals surface area contributed by atoms with Gasteiger partial charge in [-0.25, -0.2) is 0 Å². The molecule has 6 nitrogen and oxygen atoms in total. The van der Waals surface area contributed by atoms with Gasteiger partial charge in [-0.15, -0.1) is 0 Å². The Bertz CT molecular complexity index is 1210. The number of halogens is 1. The van der Waals surface area contributed by atoms with Crippen LogP contribution in [0.15, 0.2) is 54.6 Å². The van der Waals surface area contributed by atoms with Crippen molar-refractivity contribution in [1.29, 1.82) is 21.2 Å². The van der Waals surface area contributed by atoms with E-state index in [-0.39, 0.29) is 11.8 Å². The van der Waals surface area contributed by atoms with E-state index in [0.717, 1.165) is 12.0 Å². The summed E-state index contributed by atoms with van der Waals surface area (Å²) in [4.78, 5) is 0. The van der Waals surface area contributed by atoms with Crippen molar-refractivity contribution in [3.8, 4) is 18.2 Å². The first-order valence-electron chi connectivity index (χ1n) is 10.5. The van der Waals surface area contributed by atoms with Gasteiger partial charge in [0.05, 0.1) is 24.1 Å². The molecule has 1 N–H and O–H groups in total. The van der Waals surface area contributed by atoms with Gasteiger partial charge in [-0.3, -0.25) is 5.41 Å². The Balaban J connectivity index is 1.69. The van der Waals surface area contributed by atoms with Gasteiger partial charge in [-0.1, -0.05) is 54.1 Å². The van der Waals surface area contributed by atoms with E-state index < -0.39 is 28.6 Å². The molecule has 2 aromatic carbocycles. The second kappa shape index (κ2) is 7.07. The van der Waals surface area contributed by atoms with E-state index in [1.54, 1.807) is 24.3 Å². The lowest BCUT2D eigenvalue weighted by molar-refractivity contribution is -0.296. The molecule has 5 rings (SSSR count). The maximum Gasteiger partial charge on any atom is 0.217 e. The smallest absolute Gasteiger partial charge is 0.217 e. The minimum absolute atomic E-state index is 0.109. The standard InChI is InChI=1S/C25H19ClN4O2/c26-19-8-4-7-18(11-19)21-23(13-27,14-28)24(15-29)20-12-17(16-5-2-1-3-6-16)9-10-25(20,31-21)32-22(24)30/h1-8,11,17,20-21,30H,9-10,12H2. The van der Waals surface area contributed by atoms with E-state index in [1.807, 2.05) is 30.3 Å². The lowest BCUT2D eigenvalue weighted by atomic mass is 9.50. The van der Waals surface area contributed by atoms with Crippen LogP contribution in [0.5, 0.6) is 0 Å². The highest BCUT2D eigenvalue weighted by Crippen LogP contribution is 2.70. The Morgan fingerprint density at radius 2 is 1.69 bits per heavy atom. The summed E-state index contributed by atoms with van der Waals surface area (Å²) < 4.78 is 12.5. The van der Waals surface area contributed by atoms with Crippen LogP contribution >= 0.6 is 11.6 Å². The third-order valence-corrected chi connectivity index (χ3v) is 7.57. The van der Waals surface area contributed by atoms with Crippen LogP contribution in [0.2, 0.25) is 5.02 Å². The number of ether oxygens (including phenoxy) is 2. The number of hydrogen-bond acceptors (Lipinski definition) is 6. The van der Waals surface area contributed by atoms with E-state index in [0.29, 0.717) is 23.4 Å². The predicted molar refractivity (Wildman–Crippen MR) is 115 cm³/mol. The molecule has 1 aliphatic carbocycles. The summed E-state index contributed by atoms with van der Waals surface area (Å²) >= 11 is 6.19. The molecule has 2 saturated heterocycles. The SMILES string of the molecule is N#CC1(C#N)C(c2cccc(Cl)c2)OC23CCC(c4ccccc4)CC2C1(C#N)C(=N)O3. The minimum Gasteiger partial charge on any atom is -0.447 e. The monoisotopic (exact) mass is 442 g/mol. The van der Waals surface area contributed by atoms with E-state index in [9.17, 15) is 15.8 Å². The molecule has 0 amide bonds. The third-order valence-electron chi connectivity index (χ3n) is 7.33. The number of hydrogen-bond donors (Lipinski definition) is 1. The zero-order valence-electron chi connectivity index (χ0n) is 17.1. The second-order valence-corrected chi connectivity index (χ2v) is 9.12. The van der Waals surface area contributed by atoms with E-state index in [4.69, 9.17) is 26.5 Å². The van der Waals surface area contributed by atoms with Crippen LogP contribution in [0, 0.1) is 56.2 Å². The summed E-state index contributed by atoms with van der Waals surface area (Å²) in [6.45, 7) is 0. The van der Waals surface area contributed by atoms with E-state index in [2.05, 4.69) is 18.2 Å². The van der Waals surface area contributed by atoms with E-state index >= 15 is 0 Å². The fourth-order valence-electron chi connectivity index (χ4n) is 5.84. The van der Waals surface area contributed by atoms with Crippen LogP contribution in [0.3, 0.4) is 0 Å². The normalized spacial score (nSPS) is 34.3. The molecule has 3 fully saturated rings. The van der Waals surface area contributed by atoms with Gasteiger partial charge in [0.2, 0.25) is 17.1 Å². The highest BCUT2D eigenvalue weighted by atomic mass is 35.5. The molecule has 32 heavy (non-hydrogen) atoms. The van der Waals surface area contributed by atoms with Crippen LogP contribution in [-0.4, -0.2) is 11.7 Å². The van der Waals surface area contributed by atoms with Gasteiger partial charge in [0.25, 0.3) is 0 Å². The second-order valence-electron chi connectivity index (χ2n) is 8.68. The summed E-state index contributed by atoms with van der Waals surface area (Å²) in [7, 11) is 0. The first-order valence-corrected chi connectivity index (χ1v) is 10.8. The molecule has 1 saturated carbocycles. The van der Waals surface area contributed by atoms with Crippen molar-refractivity contribution in [2.75, 3.05) is 0 Å². The van der Waals surface area contributed by atoms with Gasteiger partial charge >= 0.3 is 0 Å². The fourth-order valence-corrected chi connectivity index (χ4v) is 6.04. The summed E-state index contributed by atoms with van der Waals surface area (Å²) in [5.41, 5.74) is -2.08. The number of benzene rings is 2. The van der Waals surface area contributed by atoms with Crippen molar-refractivity contribution in [3.63, 3.8) is 0 Å². The van der Waals surface area contributed by atoms with Crippen molar-refractivity contribution in [2.45, 2.75) is 37.1 Å². The van der Waals surface area contributed by atoms with Crippen molar-refractivity contribution in [1.82, 2.24) is 0 Å². The van der Waals surface area contributed by atoms with Gasteiger partial charge in [-0.05, 0) is 42.0 Å². The highest BCUT2D eigenvalue weighted by molar-refractivity contribution is 6.30. The van der Waals surface area contributed by atoms with Crippen LogP contribution in [0.25, 0.3) is 0 Å². The van der Waals surface area contributed by atoms with Crippen LogP contribution in [0.4, 0.5) is 0 Å². The topological polar surface area (TPSA) is 114 Å². The molecular weight excluding hydrogens is 424 g/mol. The Kier molecular flexibility index (Phi) is 4.54. The fraction of sp³-hybridized carbons (Fsp3) is 0.360. The van der Waals surface area contributed by atoms with Crippen LogP contribution in [0.1, 0.15) is 42.4 Å². The molecule has 2 aromatic rings. The van der Waals surface area contributed by atoms with Crippen LogP contribution < -0.4 is 0 Å². The van der Waals surface area contributed by atoms with E-state index in [1.165, 1.54) is 0 Å². The lowest BCUT2D eigenvalue weighted by Crippen LogP contribution is -2.60. The Labute approximate surface area is 191 Å². The largest absolute Gasteiger partial charge is 0.447 e. The molecule has 2 bridgehead atoms. The van der Waals surface area contributed by atoms with Gasteiger partial charge in [0.1, 0.15) is 6.10 Å². The van der Waals surface area contributed by atoms with Gasteiger partial charge < -0.3 is 9.47 Å². The van der Waals surface area contributed by atoms with Crippen LogP contribution in [-0.2, 0) is 9.47 Å². The quantitative estimate of drug-likeness (QED) is 0.682. The summed E-state index contributed by atoms with van der Waals surface area (Å²) in [6.07, 6.45) is 0.590. The summed E-state index contributed by atoms with van der Waals surface area (Å²) in [5, 5.41) is 40.3. The van der Waals surface area contributed by atoms with Crippen molar-refractivity contribution in [3.05, 3.63) is 70.7 Å². The van der Waals surface area contributed by atoms with Gasteiger partial charge in [-0.2, -0.15) is 15.8 Å². The molecule has 158 valence electrons. The van der Waals surface area contributed by atoms with Gasteiger partial charge in [0, 0.05) is 11.4 Å². The maximum atomic E-state index is 10.5. The zero-order valence-corrected chi connectivity index (χ0v) is 17.8. The zero-order chi connectivity index (χ0) is 22.6. The molecule has 7 heteroatoms. The molecule has 0 spiro atoms. The molecule has 5 unspecified atom stereocenters. The number of nitriles is 3. The number of nitrogens with one attached hydrogen (secondary N) is 1. The highest BCUT2D eigenvalue weighted by Gasteiger charge is 2.81. The lowest BCUT2D eigenvalue weighted by Gasteiger charge is -2.52. The van der Waals surface area contributed by atoms with Crippen molar-refractivity contribution in [2.24, 2.45) is 16.7 Å².